The highest BCUT2D eigenvalue weighted by Crippen LogP contribution is 2.48. The third-order valence-corrected chi connectivity index (χ3v) is 27.2. The van der Waals surface area contributed by atoms with Gasteiger partial charge < -0.3 is 4.57 Å². The predicted molar refractivity (Wildman–Crippen MR) is 377 cm³/mol. The van der Waals surface area contributed by atoms with E-state index in [0.29, 0.717) is 21.5 Å². The molecule has 87 heavy (non-hydrogen) atoms. The fourth-order valence-electron chi connectivity index (χ4n) is 9.52. The summed E-state index contributed by atoms with van der Waals surface area (Å²) in [6, 6.07) is 115. The molecular weight excluding hydrogens is 1210 g/mol. The molecule has 0 aliphatic rings. The number of para-hydroxylation sites is 1. The van der Waals surface area contributed by atoms with Gasteiger partial charge in [-0.25, -0.2) is 4.20 Å². The molecule has 0 saturated heterocycles. The van der Waals surface area contributed by atoms with Crippen molar-refractivity contribution in [2.75, 3.05) is 12.3 Å². The van der Waals surface area contributed by atoms with E-state index in [2.05, 4.69) is 121 Å². The van der Waals surface area contributed by atoms with Crippen molar-refractivity contribution >= 4 is 131 Å². The van der Waals surface area contributed by atoms with Gasteiger partial charge in [-0.1, -0.05) is 322 Å². The largest absolute Gasteiger partial charge is 0.597 e. The van der Waals surface area contributed by atoms with Gasteiger partial charge in [0.15, 0.2) is 12.7 Å². The third kappa shape index (κ3) is 17.5. The third-order valence-electron chi connectivity index (χ3n) is 13.8. The number of hydrogen-bond donors (Lipinski definition) is 1. The molecule has 1 heterocycles. The monoisotopic (exact) mass is 1270 g/mol. The fraction of sp³-hybridized carbons (Fsp3) is 0.0270. The van der Waals surface area contributed by atoms with Gasteiger partial charge in [-0.05, 0) is 100 Å². The van der Waals surface area contributed by atoms with Crippen molar-refractivity contribution in [1.82, 2.24) is 0 Å². The van der Waals surface area contributed by atoms with Crippen LogP contribution in [0.4, 0.5) is 0 Å². The molecule has 13 rings (SSSR count). The van der Waals surface area contributed by atoms with Crippen LogP contribution >= 0.6 is 56.4 Å². The summed E-state index contributed by atoms with van der Waals surface area (Å²) in [4.78, 5) is 8.53. The molecule has 0 fully saturated rings. The van der Waals surface area contributed by atoms with Gasteiger partial charge in [0, 0.05) is 37.3 Å². The average Bonchev–Trinajstić information content (AvgIpc) is 1.67. The molecule has 0 saturated carbocycles. The number of benzene rings is 12. The topological polar surface area (TPSA) is 102 Å². The molecule has 0 amide bonds. The molecule has 13 heteroatoms. The summed E-state index contributed by atoms with van der Waals surface area (Å²) in [5.41, 5.74) is 0.706. The maximum Gasteiger partial charge on any atom is 0.597 e. The van der Waals surface area contributed by atoms with Crippen molar-refractivity contribution in [2.24, 2.45) is 0 Å². The van der Waals surface area contributed by atoms with Crippen LogP contribution < -0.4 is 53.0 Å². The van der Waals surface area contributed by atoms with Gasteiger partial charge in [0.2, 0.25) is 16.9 Å². The summed E-state index contributed by atoms with van der Waals surface area (Å²) >= 11 is 6.14. The Morgan fingerprint density at radius 2 is 0.621 bits per heavy atom. The smallest absolute Gasteiger partial charge is 0.309 e. The summed E-state index contributed by atoms with van der Waals surface area (Å²) in [5, 5.41) is 13.2. The van der Waals surface area contributed by atoms with Crippen LogP contribution in [0.5, 0.6) is 0 Å². The van der Waals surface area contributed by atoms with Crippen molar-refractivity contribution in [3.63, 3.8) is 0 Å². The lowest BCUT2D eigenvalue weighted by atomic mass is 10.1. The molecule has 430 valence electrons. The Balaban J connectivity index is 0.000000136. The van der Waals surface area contributed by atoms with Gasteiger partial charge in [0.05, 0.1) is 0 Å². The van der Waals surface area contributed by atoms with E-state index in [9.17, 15) is 18.3 Å². The SMILES string of the molecule is O=P(Cl)(c1ccccc1)c1ccccc1.O=P(c1ccccc1)(c1ccccc1)c1ccccc1.O=[P+](O)c1ccccc1.O=[p+]1oc2ccccc2c2ccccc21.c1ccc(P(CCP(c2ccccc2)c2ccccc2)c2ccccc2)cc1. The maximum absolute atomic E-state index is 13.8. The van der Waals surface area contributed by atoms with E-state index < -0.39 is 29.3 Å². The lowest BCUT2D eigenvalue weighted by Crippen LogP contribution is -2.24. The molecule has 12 aromatic carbocycles. The Kier molecular flexibility index (Phi) is 24.0. The first-order valence-corrected chi connectivity index (χ1v) is 37.9. The summed E-state index contributed by atoms with van der Waals surface area (Å²) in [7, 11) is -7.36. The predicted octanol–water partition coefficient (Wildman–Crippen LogP) is 17.1. The number of halogens is 1. The minimum atomic E-state index is -2.93. The first-order chi connectivity index (χ1) is 42.6. The Labute approximate surface area is 519 Å². The summed E-state index contributed by atoms with van der Waals surface area (Å²) in [5.74, 6) is 0. The maximum atomic E-state index is 13.8. The van der Waals surface area contributed by atoms with Crippen LogP contribution in [0.3, 0.4) is 0 Å². The first kappa shape index (κ1) is 63.7. The van der Waals surface area contributed by atoms with E-state index in [4.69, 9.17) is 20.3 Å². The van der Waals surface area contributed by atoms with Crippen LogP contribution in [0.1, 0.15) is 0 Å². The van der Waals surface area contributed by atoms with E-state index >= 15 is 0 Å². The zero-order chi connectivity index (χ0) is 60.5. The highest BCUT2D eigenvalue weighted by molar-refractivity contribution is 8.00. The molecular formula is C74H63ClO6P6+2. The molecule has 2 unspecified atom stereocenters. The molecule has 0 bridgehead atoms. The molecule has 1 N–H and O–H groups in total. The molecule has 6 nitrogen and oxygen atoms in total. The number of fused-ring (bicyclic) bond motifs is 3. The Morgan fingerprint density at radius 3 is 0.943 bits per heavy atom. The van der Waals surface area contributed by atoms with Crippen LogP contribution in [0.25, 0.3) is 21.5 Å². The summed E-state index contributed by atoms with van der Waals surface area (Å²) in [6.45, 7) is -2.93. The lowest BCUT2D eigenvalue weighted by Gasteiger charge is -2.24. The van der Waals surface area contributed by atoms with Gasteiger partial charge in [-0.15, -0.1) is 0 Å². The second-order valence-corrected chi connectivity index (χ2v) is 32.6. The molecule has 0 spiro atoms. The minimum Gasteiger partial charge on any atom is -0.309 e. The molecule has 0 aliphatic heterocycles. The van der Waals surface area contributed by atoms with Crippen molar-refractivity contribution in [2.45, 2.75) is 0 Å². The molecule has 2 atom stereocenters. The molecule has 0 radical (unpaired) electrons. The molecule has 1 aromatic heterocycles. The van der Waals surface area contributed by atoms with Crippen molar-refractivity contribution in [3.8, 4) is 0 Å². The minimum absolute atomic E-state index is 0.348. The van der Waals surface area contributed by atoms with Crippen molar-refractivity contribution in [3.05, 3.63) is 352 Å². The van der Waals surface area contributed by atoms with Crippen molar-refractivity contribution in [1.29, 1.82) is 0 Å². The highest BCUT2D eigenvalue weighted by Gasteiger charge is 2.29. The van der Waals surface area contributed by atoms with Crippen molar-refractivity contribution < 1.29 is 27.4 Å². The second kappa shape index (κ2) is 32.8. The van der Waals surface area contributed by atoms with Crippen LogP contribution in [0, 0.1) is 0 Å². The summed E-state index contributed by atoms with van der Waals surface area (Å²) < 4.78 is 53.7. The quantitative estimate of drug-likeness (QED) is 0.0911. The normalized spacial score (nSPS) is 11.3. The first-order valence-electron chi connectivity index (χ1n) is 28.1. The van der Waals surface area contributed by atoms with E-state index in [1.165, 1.54) is 33.5 Å². The highest BCUT2D eigenvalue weighted by atomic mass is 35.7. The van der Waals surface area contributed by atoms with Crippen LogP contribution in [0.2, 0.25) is 0 Å². The Hall–Kier alpha value is -7.79. The number of hydrogen-bond acceptors (Lipinski definition) is 5. The zero-order valence-corrected chi connectivity index (χ0v) is 53.6. The average molecular weight is 1270 g/mol. The van der Waals surface area contributed by atoms with Crippen LogP contribution in [0.15, 0.2) is 356 Å². The Morgan fingerprint density at radius 1 is 0.356 bits per heavy atom. The van der Waals surface area contributed by atoms with E-state index in [1.807, 2.05) is 182 Å². The van der Waals surface area contributed by atoms with Gasteiger partial charge in [0.1, 0.15) is 0 Å². The van der Waals surface area contributed by atoms with Gasteiger partial charge in [-0.3, -0.25) is 4.57 Å². The van der Waals surface area contributed by atoms with Crippen LogP contribution in [-0.4, -0.2) is 17.2 Å². The Bertz CT molecular complexity index is 4030. The van der Waals surface area contributed by atoms with Gasteiger partial charge in [-0.2, -0.15) is 4.89 Å². The van der Waals surface area contributed by atoms with Gasteiger partial charge in [0.25, 0.3) is 0 Å². The van der Waals surface area contributed by atoms with Crippen LogP contribution in [-0.2, 0) is 18.3 Å². The number of rotatable bonds is 13. The standard InChI is InChI=1S/C26H24P2.C18H15OP.C12H10ClOP.C12H8O2P.C6H5O2P/c1-5-13-23(14-6-1)27(24-15-7-2-8-16-24)21-22-28(25-17-9-3-10-18-25)26-19-11-4-12-20-26;19-20(16-10-4-1-5-11-16,17-12-6-2-7-13-17)18-14-8-3-9-15-18;13-15(14,11-7-3-1-4-8-11)12-9-5-2-6-10-12;13-15-12-8-4-2-6-10(12)9-5-1-3-7-11(9)14-15;7-9(8)6-4-2-1-3-5-6/h1-20H,21-22H2;1-15H;1-10H;1-8H;1-5H/q;;;+1;/p+1. The molecule has 0 aliphatic carbocycles. The fourth-order valence-corrected chi connectivity index (χ4v) is 21.1. The van der Waals surface area contributed by atoms with E-state index in [1.54, 1.807) is 48.5 Å². The van der Waals surface area contributed by atoms with Gasteiger partial charge >= 0.3 is 15.7 Å². The lowest BCUT2D eigenvalue weighted by molar-refractivity contribution is 0.513. The van der Waals surface area contributed by atoms with E-state index in [-0.39, 0.29) is 15.8 Å². The zero-order valence-electron chi connectivity index (χ0n) is 47.5. The summed E-state index contributed by atoms with van der Waals surface area (Å²) in [6.07, 6.45) is 2.41. The second-order valence-electron chi connectivity index (χ2n) is 19.4. The molecule has 13 aromatic rings. The van der Waals surface area contributed by atoms with E-state index in [0.717, 1.165) is 31.8 Å².